The molecule has 0 aliphatic heterocycles. The highest BCUT2D eigenvalue weighted by Crippen LogP contribution is 2.15. The molecule has 0 atom stereocenters. The number of aromatic nitrogens is 5. The summed E-state index contributed by atoms with van der Waals surface area (Å²) in [6, 6.07) is 13.2. The van der Waals surface area contributed by atoms with Gasteiger partial charge in [0.1, 0.15) is 5.69 Å². The van der Waals surface area contributed by atoms with E-state index >= 15 is 0 Å². The van der Waals surface area contributed by atoms with Crippen molar-refractivity contribution in [3.05, 3.63) is 54.2 Å². The predicted molar refractivity (Wildman–Crippen MR) is 81.4 cm³/mol. The minimum Gasteiger partial charge on any atom is -0.326 e. The van der Waals surface area contributed by atoms with Crippen molar-refractivity contribution in [3.8, 4) is 22.9 Å². The first-order valence-electron chi connectivity index (χ1n) is 6.15. The largest absolute Gasteiger partial charge is 0.326 e. The summed E-state index contributed by atoms with van der Waals surface area (Å²) in [5.41, 5.74) is 8.12. The van der Waals surface area contributed by atoms with Crippen LogP contribution in [0.2, 0.25) is 0 Å². The molecule has 3 aromatic rings. The Morgan fingerprint density at radius 3 is 2.05 bits per heavy atom. The van der Waals surface area contributed by atoms with Crippen molar-refractivity contribution < 1.29 is 0 Å². The molecule has 21 heavy (non-hydrogen) atoms. The van der Waals surface area contributed by atoms with Gasteiger partial charge in [-0.2, -0.15) is 0 Å². The lowest BCUT2D eigenvalue weighted by molar-refractivity contribution is 0.870. The number of hydrogen-bond acceptors (Lipinski definition) is 6. The average Bonchev–Trinajstić information content (AvgIpc) is 2.56. The van der Waals surface area contributed by atoms with Crippen LogP contribution in [0.25, 0.3) is 22.9 Å². The fourth-order valence-electron chi connectivity index (χ4n) is 1.73. The van der Waals surface area contributed by atoms with E-state index in [2.05, 4.69) is 25.4 Å². The van der Waals surface area contributed by atoms with Crippen LogP contribution in [0.1, 0.15) is 5.56 Å². The summed E-state index contributed by atoms with van der Waals surface area (Å²) >= 11 is 0. The normalized spacial score (nSPS) is 9.95. The van der Waals surface area contributed by atoms with Crippen molar-refractivity contribution >= 4 is 12.4 Å². The standard InChI is InChI=1S/C14H12N6.ClH/c15-9-10-4-6-11(7-5-10)13-17-19-14(20-18-13)12-3-1-2-8-16-12;/h1-8H,9,15H2;1H. The van der Waals surface area contributed by atoms with E-state index in [-0.39, 0.29) is 12.4 Å². The molecule has 2 heterocycles. The van der Waals surface area contributed by atoms with Crippen molar-refractivity contribution in [2.24, 2.45) is 5.73 Å². The third-order valence-electron chi connectivity index (χ3n) is 2.82. The van der Waals surface area contributed by atoms with E-state index < -0.39 is 0 Å². The van der Waals surface area contributed by atoms with E-state index in [0.717, 1.165) is 11.1 Å². The third kappa shape index (κ3) is 3.36. The highest BCUT2D eigenvalue weighted by Gasteiger charge is 2.06. The van der Waals surface area contributed by atoms with Crippen LogP contribution < -0.4 is 5.73 Å². The minimum atomic E-state index is 0. The van der Waals surface area contributed by atoms with Crippen molar-refractivity contribution in [1.29, 1.82) is 0 Å². The van der Waals surface area contributed by atoms with Crippen LogP contribution in [-0.2, 0) is 6.54 Å². The van der Waals surface area contributed by atoms with Gasteiger partial charge in [0.2, 0.25) is 11.6 Å². The quantitative estimate of drug-likeness (QED) is 0.794. The second kappa shape index (κ2) is 6.83. The van der Waals surface area contributed by atoms with Gasteiger partial charge in [-0.15, -0.1) is 32.8 Å². The maximum Gasteiger partial charge on any atom is 0.221 e. The summed E-state index contributed by atoms with van der Waals surface area (Å²) in [6.07, 6.45) is 1.68. The van der Waals surface area contributed by atoms with E-state index in [1.807, 2.05) is 42.5 Å². The molecule has 106 valence electrons. The molecule has 0 bridgehead atoms. The molecule has 1 aromatic carbocycles. The van der Waals surface area contributed by atoms with Crippen LogP contribution in [-0.4, -0.2) is 25.4 Å². The van der Waals surface area contributed by atoms with Gasteiger partial charge in [0.05, 0.1) is 0 Å². The summed E-state index contributed by atoms with van der Waals surface area (Å²) in [5.74, 6) is 0.890. The van der Waals surface area contributed by atoms with E-state index in [4.69, 9.17) is 5.73 Å². The molecule has 0 fully saturated rings. The van der Waals surface area contributed by atoms with E-state index in [0.29, 0.717) is 23.9 Å². The zero-order valence-corrected chi connectivity index (χ0v) is 11.9. The molecule has 0 amide bonds. The Balaban J connectivity index is 0.00000161. The van der Waals surface area contributed by atoms with Gasteiger partial charge in [0.25, 0.3) is 0 Å². The summed E-state index contributed by atoms with van der Waals surface area (Å²) in [6.45, 7) is 0.510. The Hall–Kier alpha value is -2.44. The average molecular weight is 301 g/mol. The highest BCUT2D eigenvalue weighted by molar-refractivity contribution is 5.85. The van der Waals surface area contributed by atoms with Gasteiger partial charge in [0.15, 0.2) is 0 Å². The molecule has 0 saturated heterocycles. The molecule has 2 aromatic heterocycles. The van der Waals surface area contributed by atoms with Crippen molar-refractivity contribution in [2.45, 2.75) is 6.54 Å². The molecule has 7 heteroatoms. The number of halogens is 1. The number of nitrogens with two attached hydrogens (primary N) is 1. The summed E-state index contributed by atoms with van der Waals surface area (Å²) in [7, 11) is 0. The van der Waals surface area contributed by atoms with Crippen molar-refractivity contribution in [3.63, 3.8) is 0 Å². The lowest BCUT2D eigenvalue weighted by atomic mass is 10.1. The fraction of sp³-hybridized carbons (Fsp3) is 0.0714. The molecule has 0 saturated carbocycles. The van der Waals surface area contributed by atoms with Gasteiger partial charge < -0.3 is 5.73 Å². The lowest BCUT2D eigenvalue weighted by Gasteiger charge is -2.01. The van der Waals surface area contributed by atoms with Gasteiger partial charge >= 0.3 is 0 Å². The molecule has 6 nitrogen and oxygen atoms in total. The van der Waals surface area contributed by atoms with Crippen molar-refractivity contribution in [1.82, 2.24) is 25.4 Å². The van der Waals surface area contributed by atoms with Gasteiger partial charge in [-0.1, -0.05) is 30.3 Å². The number of nitrogens with zero attached hydrogens (tertiary/aromatic N) is 5. The number of pyridine rings is 1. The molecule has 3 rings (SSSR count). The molecule has 0 radical (unpaired) electrons. The predicted octanol–water partition coefficient (Wildman–Crippen LogP) is 1.88. The summed E-state index contributed by atoms with van der Waals surface area (Å²) < 4.78 is 0. The Morgan fingerprint density at radius 1 is 0.810 bits per heavy atom. The van der Waals surface area contributed by atoms with Gasteiger partial charge in [-0.3, -0.25) is 4.98 Å². The second-order valence-corrected chi connectivity index (χ2v) is 4.16. The number of hydrogen-bond donors (Lipinski definition) is 1. The van der Waals surface area contributed by atoms with Crippen LogP contribution in [0.3, 0.4) is 0 Å². The number of benzene rings is 1. The first kappa shape index (κ1) is 15.0. The fourth-order valence-corrected chi connectivity index (χ4v) is 1.73. The topological polar surface area (TPSA) is 90.5 Å². The molecule has 2 N–H and O–H groups in total. The first-order chi connectivity index (χ1) is 9.86. The zero-order chi connectivity index (χ0) is 13.8. The minimum absolute atomic E-state index is 0. The molecular formula is C14H13ClN6. The molecule has 0 aliphatic carbocycles. The SMILES string of the molecule is Cl.NCc1ccc(-c2nnc(-c3ccccn3)nn2)cc1. The smallest absolute Gasteiger partial charge is 0.221 e. The Morgan fingerprint density at radius 2 is 1.48 bits per heavy atom. The number of rotatable bonds is 3. The van der Waals surface area contributed by atoms with E-state index in [1.54, 1.807) is 6.20 Å². The Labute approximate surface area is 127 Å². The van der Waals surface area contributed by atoms with Crippen LogP contribution >= 0.6 is 12.4 Å². The van der Waals surface area contributed by atoms with Gasteiger partial charge in [-0.05, 0) is 17.7 Å². The summed E-state index contributed by atoms with van der Waals surface area (Å²) in [5, 5.41) is 16.3. The highest BCUT2D eigenvalue weighted by atomic mass is 35.5. The van der Waals surface area contributed by atoms with Gasteiger partial charge in [0, 0.05) is 18.3 Å². The molecular weight excluding hydrogens is 288 g/mol. The molecule has 0 aliphatic rings. The monoisotopic (exact) mass is 300 g/mol. The van der Waals surface area contributed by atoms with E-state index in [1.165, 1.54) is 0 Å². The lowest BCUT2D eigenvalue weighted by Crippen LogP contribution is -2.00. The van der Waals surface area contributed by atoms with Crippen LogP contribution in [0.15, 0.2) is 48.7 Å². The zero-order valence-electron chi connectivity index (χ0n) is 11.0. The van der Waals surface area contributed by atoms with Crippen LogP contribution in [0, 0.1) is 0 Å². The maximum atomic E-state index is 5.56. The van der Waals surface area contributed by atoms with Gasteiger partial charge in [-0.25, -0.2) is 0 Å². The second-order valence-electron chi connectivity index (χ2n) is 4.16. The maximum absolute atomic E-state index is 5.56. The van der Waals surface area contributed by atoms with Crippen LogP contribution in [0.4, 0.5) is 0 Å². The molecule has 0 spiro atoms. The first-order valence-corrected chi connectivity index (χ1v) is 6.15. The Bertz CT molecular complexity index is 685. The van der Waals surface area contributed by atoms with Crippen LogP contribution in [0.5, 0.6) is 0 Å². The van der Waals surface area contributed by atoms with E-state index in [9.17, 15) is 0 Å². The Kier molecular flexibility index (Phi) is 4.86. The summed E-state index contributed by atoms with van der Waals surface area (Å²) in [4.78, 5) is 4.16. The van der Waals surface area contributed by atoms with Crippen molar-refractivity contribution in [2.75, 3.05) is 0 Å². The third-order valence-corrected chi connectivity index (χ3v) is 2.82. The molecule has 0 unspecified atom stereocenters.